The van der Waals surface area contributed by atoms with Crippen LogP contribution < -0.4 is 0 Å². The lowest BCUT2D eigenvalue weighted by atomic mass is 10.0. The minimum atomic E-state index is -0.693. The number of nitrogens with one attached hydrogen (secondary N) is 1. The van der Waals surface area contributed by atoms with Crippen molar-refractivity contribution in [3.63, 3.8) is 0 Å². The van der Waals surface area contributed by atoms with Gasteiger partial charge in [-0.15, -0.1) is 0 Å². The molecule has 27 heavy (non-hydrogen) atoms. The highest BCUT2D eigenvalue weighted by Gasteiger charge is 2.29. The maximum atomic E-state index is 12.7. The Morgan fingerprint density at radius 2 is 1.78 bits per heavy atom. The molecule has 0 saturated carbocycles. The van der Waals surface area contributed by atoms with E-state index in [0.29, 0.717) is 24.7 Å². The molecule has 0 unspecified atom stereocenters. The van der Waals surface area contributed by atoms with E-state index in [4.69, 9.17) is 9.47 Å². The molecule has 0 fully saturated rings. The van der Waals surface area contributed by atoms with Crippen LogP contribution in [0.1, 0.15) is 76.6 Å². The molecule has 0 radical (unpaired) electrons. The number of esters is 2. The lowest BCUT2D eigenvalue weighted by Crippen LogP contribution is -2.24. The summed E-state index contributed by atoms with van der Waals surface area (Å²) in [5.41, 5.74) is 0.841. The third-order valence-corrected chi connectivity index (χ3v) is 3.77. The fourth-order valence-corrected chi connectivity index (χ4v) is 2.68. The van der Waals surface area contributed by atoms with Crippen LogP contribution in [0.2, 0.25) is 0 Å². The van der Waals surface area contributed by atoms with Gasteiger partial charge in [0.2, 0.25) is 0 Å². The van der Waals surface area contributed by atoms with Crippen molar-refractivity contribution in [2.45, 2.75) is 52.7 Å². The van der Waals surface area contributed by atoms with Crippen LogP contribution in [0.15, 0.2) is 30.3 Å². The van der Waals surface area contributed by atoms with Gasteiger partial charge in [0.15, 0.2) is 6.29 Å². The molecule has 1 N–H and O–H groups in total. The quantitative estimate of drug-likeness (QED) is 0.585. The first-order chi connectivity index (χ1) is 12.8. The summed E-state index contributed by atoms with van der Waals surface area (Å²) in [6, 6.07) is 9.24. The van der Waals surface area contributed by atoms with Crippen molar-refractivity contribution in [2.75, 3.05) is 0 Å². The Hall–Kier alpha value is -2.89. The molecule has 2 aromatic rings. The smallest absolute Gasteiger partial charge is 0.355 e. The molecular formula is C21H25NO5. The number of hydrogen-bond donors (Lipinski definition) is 1. The van der Waals surface area contributed by atoms with Crippen molar-refractivity contribution in [3.8, 4) is 0 Å². The molecule has 0 aliphatic carbocycles. The van der Waals surface area contributed by atoms with Crippen molar-refractivity contribution in [3.05, 3.63) is 58.4 Å². The predicted octanol–water partition coefficient (Wildman–Crippen LogP) is 4.09. The van der Waals surface area contributed by atoms with Crippen LogP contribution in [0.4, 0.5) is 0 Å². The van der Waals surface area contributed by atoms with E-state index < -0.39 is 17.5 Å². The molecule has 1 heterocycles. The zero-order valence-electron chi connectivity index (χ0n) is 16.1. The van der Waals surface area contributed by atoms with E-state index in [-0.39, 0.29) is 23.6 Å². The molecular weight excluding hydrogens is 346 g/mol. The molecule has 1 aromatic heterocycles. The van der Waals surface area contributed by atoms with Crippen molar-refractivity contribution < 1.29 is 23.9 Å². The molecule has 0 aliphatic rings. The second-order valence-electron chi connectivity index (χ2n) is 7.20. The summed E-state index contributed by atoms with van der Waals surface area (Å²) in [6.07, 6.45) is 1.64. The summed E-state index contributed by atoms with van der Waals surface area (Å²) >= 11 is 0. The summed E-state index contributed by atoms with van der Waals surface area (Å²) in [4.78, 5) is 39.4. The number of ether oxygens (including phenoxy) is 2. The molecule has 144 valence electrons. The van der Waals surface area contributed by atoms with Crippen LogP contribution in [0, 0.1) is 0 Å². The first kappa shape index (κ1) is 20.4. The largest absolute Gasteiger partial charge is 0.457 e. The minimum absolute atomic E-state index is 0.0253. The van der Waals surface area contributed by atoms with Gasteiger partial charge in [0, 0.05) is 0 Å². The summed E-state index contributed by atoms with van der Waals surface area (Å²) in [6.45, 7) is 7.26. The maximum absolute atomic E-state index is 12.7. The van der Waals surface area contributed by atoms with Crippen LogP contribution in [0.25, 0.3) is 0 Å². The van der Waals surface area contributed by atoms with E-state index in [9.17, 15) is 14.4 Å². The van der Waals surface area contributed by atoms with Gasteiger partial charge in [-0.3, -0.25) is 4.79 Å². The molecule has 2 rings (SSSR count). The van der Waals surface area contributed by atoms with Gasteiger partial charge in [-0.05, 0) is 38.3 Å². The van der Waals surface area contributed by atoms with Gasteiger partial charge in [-0.1, -0.05) is 43.7 Å². The summed E-state index contributed by atoms with van der Waals surface area (Å²) in [5, 5.41) is 0. The molecule has 6 nitrogen and oxygen atoms in total. The fourth-order valence-electron chi connectivity index (χ4n) is 2.68. The summed E-state index contributed by atoms with van der Waals surface area (Å²) < 4.78 is 10.8. The highest BCUT2D eigenvalue weighted by Crippen LogP contribution is 2.24. The Kier molecular flexibility index (Phi) is 6.55. The van der Waals surface area contributed by atoms with Crippen molar-refractivity contribution in [2.24, 2.45) is 0 Å². The van der Waals surface area contributed by atoms with Crippen LogP contribution >= 0.6 is 0 Å². The topological polar surface area (TPSA) is 85.5 Å². The van der Waals surface area contributed by atoms with Crippen molar-refractivity contribution in [1.29, 1.82) is 0 Å². The highest BCUT2D eigenvalue weighted by molar-refractivity contribution is 6.03. The molecule has 0 saturated heterocycles. The van der Waals surface area contributed by atoms with E-state index >= 15 is 0 Å². The van der Waals surface area contributed by atoms with Gasteiger partial charge in [0.1, 0.15) is 17.9 Å². The number of aldehydes is 1. The van der Waals surface area contributed by atoms with E-state index in [1.54, 1.807) is 20.8 Å². The number of carbonyl (C=O) groups excluding carboxylic acids is 3. The number of carbonyl (C=O) groups is 3. The number of H-pyrrole nitrogens is 1. The zero-order chi connectivity index (χ0) is 20.0. The van der Waals surface area contributed by atoms with Gasteiger partial charge >= 0.3 is 11.9 Å². The normalized spacial score (nSPS) is 11.1. The average Bonchev–Trinajstić information content (AvgIpc) is 2.98. The Labute approximate surface area is 158 Å². The number of rotatable bonds is 7. The lowest BCUT2D eigenvalue weighted by molar-refractivity contribution is 0.00623. The standard InChI is InChI=1S/C21H25NO5/c1-5-9-15-17(19(24)26-13-14-10-7-6-8-11-14)16(12-23)22-18(15)20(25)27-21(2,3)4/h6-8,10-12,22H,5,9,13H2,1-4H3. The van der Waals surface area contributed by atoms with E-state index in [1.165, 1.54) is 0 Å². The van der Waals surface area contributed by atoms with Gasteiger partial charge in [-0.25, -0.2) is 9.59 Å². The van der Waals surface area contributed by atoms with Gasteiger partial charge in [0.25, 0.3) is 0 Å². The summed E-state index contributed by atoms with van der Waals surface area (Å²) in [7, 11) is 0. The first-order valence-corrected chi connectivity index (χ1v) is 8.91. The monoisotopic (exact) mass is 371 g/mol. The average molecular weight is 371 g/mol. The number of aromatic amines is 1. The highest BCUT2D eigenvalue weighted by atomic mass is 16.6. The number of benzene rings is 1. The molecule has 6 heteroatoms. The van der Waals surface area contributed by atoms with Gasteiger partial charge in [0.05, 0.1) is 11.3 Å². The summed E-state index contributed by atoms with van der Waals surface area (Å²) in [5.74, 6) is -1.24. The molecule has 0 bridgehead atoms. The minimum Gasteiger partial charge on any atom is -0.457 e. The first-order valence-electron chi connectivity index (χ1n) is 8.91. The van der Waals surface area contributed by atoms with E-state index in [2.05, 4.69) is 4.98 Å². The SMILES string of the molecule is CCCc1c(C(=O)OC(C)(C)C)[nH]c(C=O)c1C(=O)OCc1ccccc1. The van der Waals surface area contributed by atoms with Gasteiger partial charge < -0.3 is 14.5 Å². The van der Waals surface area contributed by atoms with E-state index in [0.717, 1.165) is 5.56 Å². The van der Waals surface area contributed by atoms with Crippen LogP contribution in [0.3, 0.4) is 0 Å². The van der Waals surface area contributed by atoms with E-state index in [1.807, 2.05) is 37.3 Å². The Morgan fingerprint density at radius 3 is 2.33 bits per heavy atom. The zero-order valence-corrected chi connectivity index (χ0v) is 16.1. The molecule has 0 atom stereocenters. The lowest BCUT2D eigenvalue weighted by Gasteiger charge is -2.19. The second-order valence-corrected chi connectivity index (χ2v) is 7.20. The van der Waals surface area contributed by atoms with Crippen LogP contribution in [0.5, 0.6) is 0 Å². The Morgan fingerprint density at radius 1 is 1.11 bits per heavy atom. The van der Waals surface area contributed by atoms with Crippen LogP contribution in [-0.2, 0) is 22.5 Å². The number of aromatic nitrogens is 1. The molecule has 0 amide bonds. The van der Waals surface area contributed by atoms with Crippen molar-refractivity contribution >= 4 is 18.2 Å². The second kappa shape index (κ2) is 8.66. The Balaban J connectivity index is 2.34. The molecule has 0 aliphatic heterocycles. The fraction of sp³-hybridized carbons (Fsp3) is 0.381. The van der Waals surface area contributed by atoms with Crippen LogP contribution in [-0.4, -0.2) is 28.8 Å². The van der Waals surface area contributed by atoms with Crippen molar-refractivity contribution in [1.82, 2.24) is 4.98 Å². The third kappa shape index (κ3) is 5.29. The Bertz CT molecular complexity index is 815. The molecule has 0 spiro atoms. The predicted molar refractivity (Wildman–Crippen MR) is 101 cm³/mol. The number of hydrogen-bond acceptors (Lipinski definition) is 5. The maximum Gasteiger partial charge on any atom is 0.355 e. The third-order valence-electron chi connectivity index (χ3n) is 3.77. The van der Waals surface area contributed by atoms with Gasteiger partial charge in [-0.2, -0.15) is 0 Å². The molecule has 1 aromatic carbocycles.